The maximum atomic E-state index is 11.1. The van der Waals surface area contributed by atoms with Crippen LogP contribution in [0.4, 0.5) is 4.79 Å². The molecule has 0 fully saturated rings. The zero-order chi connectivity index (χ0) is 21.5. The van der Waals surface area contributed by atoms with Gasteiger partial charge in [-0.2, -0.15) is 0 Å². The second kappa shape index (κ2) is 11.3. The van der Waals surface area contributed by atoms with Crippen molar-refractivity contribution in [2.45, 2.75) is 19.9 Å². The molecule has 2 N–H and O–H groups in total. The number of hydrogen-bond donors (Lipinski definition) is 2. The van der Waals surface area contributed by atoms with Gasteiger partial charge in [0, 0.05) is 38.0 Å². The Kier molecular flexibility index (Phi) is 8.76. The van der Waals surface area contributed by atoms with E-state index in [1.54, 1.807) is 24.3 Å². The van der Waals surface area contributed by atoms with Crippen LogP contribution in [-0.4, -0.2) is 45.3 Å². The van der Waals surface area contributed by atoms with E-state index >= 15 is 0 Å². The van der Waals surface area contributed by atoms with Crippen LogP contribution in [0.3, 0.4) is 0 Å². The molecular formula is C22H22N2O6Rh. The molecule has 31 heavy (non-hydrogen) atoms. The third-order valence-electron chi connectivity index (χ3n) is 4.41. The van der Waals surface area contributed by atoms with Gasteiger partial charge in [-0.15, -0.1) is 0 Å². The van der Waals surface area contributed by atoms with Gasteiger partial charge in [0.25, 0.3) is 0 Å². The fourth-order valence-corrected chi connectivity index (χ4v) is 2.90. The van der Waals surface area contributed by atoms with Gasteiger partial charge in [0.05, 0.1) is 12.3 Å². The average molecular weight is 513 g/mol. The molecule has 0 aliphatic rings. The monoisotopic (exact) mass is 513 g/mol. The third kappa shape index (κ3) is 6.93. The van der Waals surface area contributed by atoms with Crippen LogP contribution < -0.4 is 4.74 Å². The van der Waals surface area contributed by atoms with Crippen LogP contribution in [0.5, 0.6) is 5.75 Å². The van der Waals surface area contributed by atoms with Gasteiger partial charge in [-0.1, -0.05) is 30.3 Å². The first-order valence-electron chi connectivity index (χ1n) is 9.35. The Bertz CT molecular complexity index is 1000. The first-order valence-corrected chi connectivity index (χ1v) is 9.35. The molecule has 0 bridgehead atoms. The van der Waals surface area contributed by atoms with Crippen LogP contribution in [0.15, 0.2) is 59.0 Å². The Morgan fingerprint density at radius 3 is 2.35 bits per heavy atom. The van der Waals surface area contributed by atoms with E-state index in [0.29, 0.717) is 30.2 Å². The van der Waals surface area contributed by atoms with Crippen LogP contribution in [0, 0.1) is 6.92 Å². The number of oxazole rings is 1. The molecule has 1 aromatic heterocycles. The van der Waals surface area contributed by atoms with Crippen molar-refractivity contribution in [2.24, 2.45) is 0 Å². The summed E-state index contributed by atoms with van der Waals surface area (Å²) in [7, 11) is 0. The summed E-state index contributed by atoms with van der Waals surface area (Å²) >= 11 is 0. The van der Waals surface area contributed by atoms with Crippen molar-refractivity contribution in [1.29, 1.82) is 0 Å². The maximum absolute atomic E-state index is 11.1. The van der Waals surface area contributed by atoms with Crippen LogP contribution in [0.25, 0.3) is 11.5 Å². The summed E-state index contributed by atoms with van der Waals surface area (Å²) < 4.78 is 11.5. The second-order valence-electron chi connectivity index (χ2n) is 6.66. The van der Waals surface area contributed by atoms with Crippen molar-refractivity contribution in [1.82, 2.24) is 9.88 Å². The fourth-order valence-electron chi connectivity index (χ4n) is 2.90. The molecule has 3 rings (SSSR count). The zero-order valence-electron chi connectivity index (χ0n) is 16.8. The summed E-state index contributed by atoms with van der Waals surface area (Å²) in [5.41, 5.74) is 2.42. The number of hydrogen-bond acceptors (Lipinski definition) is 5. The quantitative estimate of drug-likeness (QED) is 0.418. The first kappa shape index (κ1) is 24.1. The van der Waals surface area contributed by atoms with Gasteiger partial charge >= 0.3 is 12.1 Å². The fraction of sp³-hybridized carbons (Fsp3) is 0.227. The molecule has 8 nitrogen and oxygen atoms in total. The number of nitrogens with zero attached hydrogens (tertiary/aromatic N) is 2. The minimum atomic E-state index is -1.28. The molecular weight excluding hydrogens is 491 g/mol. The van der Waals surface area contributed by atoms with Crippen LogP contribution >= 0.6 is 0 Å². The minimum Gasteiger partial charge on any atom is -0.493 e. The average Bonchev–Trinajstić information content (AvgIpc) is 3.10. The third-order valence-corrected chi connectivity index (χ3v) is 4.41. The van der Waals surface area contributed by atoms with Gasteiger partial charge in [0.2, 0.25) is 5.89 Å². The molecule has 2 aromatic carbocycles. The van der Waals surface area contributed by atoms with Gasteiger partial charge < -0.3 is 19.4 Å². The van der Waals surface area contributed by atoms with E-state index in [1.807, 2.05) is 37.3 Å². The topological polar surface area (TPSA) is 113 Å². The van der Waals surface area contributed by atoms with Crippen molar-refractivity contribution in [3.63, 3.8) is 0 Å². The van der Waals surface area contributed by atoms with Crippen molar-refractivity contribution >= 4 is 12.1 Å². The van der Waals surface area contributed by atoms with Crippen molar-refractivity contribution < 1.29 is 48.4 Å². The Labute approximate surface area is 192 Å². The number of aliphatic carboxylic acids is 1. The number of rotatable bonds is 9. The van der Waals surface area contributed by atoms with Gasteiger partial charge in [-0.3, -0.25) is 9.69 Å². The molecule has 0 spiro atoms. The predicted octanol–water partition coefficient (Wildman–Crippen LogP) is 3.83. The summed E-state index contributed by atoms with van der Waals surface area (Å²) in [6.45, 7) is 1.69. The Hall–Kier alpha value is -3.19. The molecule has 0 aliphatic heterocycles. The number of amides is 1. The Morgan fingerprint density at radius 2 is 1.74 bits per heavy atom. The molecule has 165 valence electrons. The molecule has 1 amide bonds. The number of aryl methyl sites for hydroxylation is 1. The Morgan fingerprint density at radius 1 is 1.06 bits per heavy atom. The predicted molar refractivity (Wildman–Crippen MR) is 108 cm³/mol. The van der Waals surface area contributed by atoms with Gasteiger partial charge in [-0.25, -0.2) is 9.78 Å². The summed E-state index contributed by atoms with van der Waals surface area (Å²) in [5.74, 6) is 0.760. The maximum Gasteiger partial charge on any atom is 0.408 e. The number of ether oxygens (including phenoxy) is 1. The smallest absolute Gasteiger partial charge is 0.408 e. The molecule has 1 heterocycles. The molecule has 9 heteroatoms. The minimum absolute atomic E-state index is 0. The Balaban J connectivity index is 0.00000341. The van der Waals surface area contributed by atoms with E-state index in [4.69, 9.17) is 19.4 Å². The molecule has 3 aromatic rings. The number of carboxylic acids is 1. The molecule has 0 saturated carbocycles. The van der Waals surface area contributed by atoms with E-state index in [1.165, 1.54) is 0 Å². The van der Waals surface area contributed by atoms with Crippen molar-refractivity contribution in [3.8, 4) is 17.2 Å². The van der Waals surface area contributed by atoms with E-state index in [2.05, 4.69) is 4.98 Å². The largest absolute Gasteiger partial charge is 0.493 e. The molecule has 0 saturated heterocycles. The first-order chi connectivity index (χ1) is 14.4. The normalized spacial score (nSPS) is 10.2. The van der Waals surface area contributed by atoms with E-state index in [0.717, 1.165) is 21.9 Å². The van der Waals surface area contributed by atoms with Crippen molar-refractivity contribution in [2.75, 3.05) is 13.2 Å². The van der Waals surface area contributed by atoms with E-state index in [9.17, 15) is 9.59 Å². The van der Waals surface area contributed by atoms with Crippen molar-refractivity contribution in [3.05, 3.63) is 71.6 Å². The van der Waals surface area contributed by atoms with Crippen LogP contribution in [0.2, 0.25) is 0 Å². The SMILES string of the molecule is Cc1oc(-c2ccccc2)nc1CCOc1ccc(CN(CC(=O)O)C(=O)O)cc1.[Rh]. The number of aromatic nitrogens is 1. The molecule has 1 radical (unpaired) electrons. The van der Waals surface area contributed by atoms with Crippen LogP contribution in [0.1, 0.15) is 17.0 Å². The van der Waals surface area contributed by atoms with E-state index < -0.39 is 18.6 Å². The molecule has 0 unspecified atom stereocenters. The van der Waals surface area contributed by atoms with Gasteiger partial charge in [0.1, 0.15) is 18.1 Å². The van der Waals surface area contributed by atoms with Gasteiger partial charge in [0.15, 0.2) is 0 Å². The standard InChI is InChI=1S/C22H22N2O6.Rh/c1-15-19(23-21(30-15)17-5-3-2-4-6-17)11-12-29-18-9-7-16(8-10-18)13-24(22(27)28)14-20(25)26;/h2-10H,11-14H2,1H3,(H,25,26)(H,27,28);. The zero-order valence-corrected chi connectivity index (χ0v) is 18.4. The number of benzene rings is 2. The van der Waals surface area contributed by atoms with Gasteiger partial charge in [-0.05, 0) is 36.8 Å². The number of carbonyl (C=O) groups is 2. The van der Waals surface area contributed by atoms with E-state index in [-0.39, 0.29) is 26.0 Å². The van der Waals surface area contributed by atoms with Crippen LogP contribution in [-0.2, 0) is 37.2 Å². The number of carboxylic acid groups (broad SMARTS) is 2. The molecule has 0 atom stereocenters. The summed E-state index contributed by atoms with van der Waals surface area (Å²) in [6, 6.07) is 16.5. The molecule has 0 aliphatic carbocycles. The second-order valence-corrected chi connectivity index (χ2v) is 6.66. The summed E-state index contributed by atoms with van der Waals surface area (Å²) in [4.78, 5) is 27.3. The summed E-state index contributed by atoms with van der Waals surface area (Å²) in [6.07, 6.45) is -0.703. The summed E-state index contributed by atoms with van der Waals surface area (Å²) in [5, 5.41) is 17.9.